The van der Waals surface area contributed by atoms with Crippen LogP contribution >= 0.6 is 0 Å². The van der Waals surface area contributed by atoms with Gasteiger partial charge in [-0.05, 0) is 19.3 Å². The highest BCUT2D eigenvalue weighted by Crippen LogP contribution is 2.47. The molecule has 0 spiro atoms. The maximum absolute atomic E-state index is 9.45. The molecule has 2 fully saturated rings. The van der Waals surface area contributed by atoms with Crippen molar-refractivity contribution in [3.63, 3.8) is 0 Å². The van der Waals surface area contributed by atoms with Gasteiger partial charge in [0.1, 0.15) is 5.69 Å². The number of hydrogen-bond acceptors (Lipinski definition) is 5. The van der Waals surface area contributed by atoms with Gasteiger partial charge in [-0.1, -0.05) is 5.21 Å². The summed E-state index contributed by atoms with van der Waals surface area (Å²) in [5, 5.41) is 26.7. The first-order valence-electron chi connectivity index (χ1n) is 6.76. The van der Waals surface area contributed by atoms with Gasteiger partial charge in [-0.25, -0.2) is 4.68 Å². The maximum atomic E-state index is 9.45. The van der Waals surface area contributed by atoms with E-state index < -0.39 is 0 Å². The number of rotatable bonds is 5. The molecule has 102 valence electrons. The predicted molar refractivity (Wildman–Crippen MR) is 66.3 cm³/mol. The fraction of sp³-hybridized carbons (Fsp3) is 0.769. The van der Waals surface area contributed by atoms with Crippen LogP contribution in [0.2, 0.25) is 0 Å². The van der Waals surface area contributed by atoms with Crippen LogP contribution < -0.4 is 0 Å². The number of aliphatic hydroxyl groups is 1. The summed E-state index contributed by atoms with van der Waals surface area (Å²) in [6.45, 7) is 2.33. The highest BCUT2D eigenvalue weighted by atomic mass is 16.5. The van der Waals surface area contributed by atoms with E-state index in [-0.39, 0.29) is 24.4 Å². The van der Waals surface area contributed by atoms with E-state index in [0.717, 1.165) is 37.3 Å². The van der Waals surface area contributed by atoms with Gasteiger partial charge in [0.25, 0.3) is 0 Å². The van der Waals surface area contributed by atoms with Crippen molar-refractivity contribution in [3.8, 4) is 6.07 Å². The van der Waals surface area contributed by atoms with Gasteiger partial charge >= 0.3 is 0 Å². The topological polar surface area (TPSA) is 84.0 Å². The molecular weight excluding hydrogens is 244 g/mol. The minimum Gasteiger partial charge on any atom is -0.396 e. The first kappa shape index (κ1) is 12.6. The Morgan fingerprint density at radius 2 is 2.37 bits per heavy atom. The second kappa shape index (κ2) is 4.91. The third-order valence-electron chi connectivity index (χ3n) is 4.19. The summed E-state index contributed by atoms with van der Waals surface area (Å²) in [5.41, 5.74) is 1.80. The molecule has 3 rings (SSSR count). The summed E-state index contributed by atoms with van der Waals surface area (Å²) in [7, 11) is 0. The number of hydrogen-bond donors (Lipinski definition) is 1. The van der Waals surface area contributed by atoms with Gasteiger partial charge in [0.2, 0.25) is 0 Å². The molecule has 1 N–H and O–H groups in total. The zero-order valence-electron chi connectivity index (χ0n) is 10.9. The van der Waals surface area contributed by atoms with Crippen molar-refractivity contribution in [1.82, 2.24) is 15.0 Å². The van der Waals surface area contributed by atoms with Crippen molar-refractivity contribution < 1.29 is 9.84 Å². The van der Waals surface area contributed by atoms with E-state index in [1.54, 1.807) is 0 Å². The van der Waals surface area contributed by atoms with E-state index in [1.807, 2.05) is 4.68 Å². The molecule has 6 nitrogen and oxygen atoms in total. The number of aliphatic hydroxyl groups excluding tert-OH is 1. The summed E-state index contributed by atoms with van der Waals surface area (Å²) in [5.74, 6) is 0.285. The number of aromatic nitrogens is 3. The van der Waals surface area contributed by atoms with Crippen LogP contribution in [0, 0.1) is 16.7 Å². The molecule has 1 aliphatic heterocycles. The Balaban J connectivity index is 1.88. The Labute approximate surface area is 112 Å². The SMILES string of the molecule is N#CCc1nnn(CC2(CO)CC2)c1C1CCOC1. The maximum Gasteiger partial charge on any atom is 0.100 e. The quantitative estimate of drug-likeness (QED) is 0.841. The van der Waals surface area contributed by atoms with Crippen molar-refractivity contribution in [3.05, 3.63) is 11.4 Å². The molecule has 6 heteroatoms. The van der Waals surface area contributed by atoms with E-state index in [0.29, 0.717) is 13.2 Å². The van der Waals surface area contributed by atoms with Crippen LogP contribution in [-0.2, 0) is 17.7 Å². The number of nitrogens with zero attached hydrogens (tertiary/aromatic N) is 4. The lowest BCUT2D eigenvalue weighted by molar-refractivity contribution is 0.183. The van der Waals surface area contributed by atoms with Crippen molar-refractivity contribution in [2.75, 3.05) is 19.8 Å². The summed E-state index contributed by atoms with van der Waals surface area (Å²) in [6.07, 6.45) is 3.32. The second-order valence-electron chi connectivity index (χ2n) is 5.63. The largest absolute Gasteiger partial charge is 0.396 e. The fourth-order valence-electron chi connectivity index (χ4n) is 2.73. The molecule has 1 atom stereocenters. The van der Waals surface area contributed by atoms with Crippen molar-refractivity contribution in [2.45, 2.75) is 38.1 Å². The van der Waals surface area contributed by atoms with Crippen LogP contribution in [-0.4, -0.2) is 39.9 Å². The van der Waals surface area contributed by atoms with Gasteiger partial charge in [0.05, 0.1) is 37.9 Å². The van der Waals surface area contributed by atoms with E-state index >= 15 is 0 Å². The molecule has 0 aromatic carbocycles. The molecule has 19 heavy (non-hydrogen) atoms. The first-order valence-corrected chi connectivity index (χ1v) is 6.76. The molecule has 1 saturated carbocycles. The first-order chi connectivity index (χ1) is 9.28. The van der Waals surface area contributed by atoms with Crippen molar-refractivity contribution >= 4 is 0 Å². The summed E-state index contributed by atoms with van der Waals surface area (Å²) in [4.78, 5) is 0. The summed E-state index contributed by atoms with van der Waals surface area (Å²) in [6, 6.07) is 2.15. The molecule has 1 aromatic heterocycles. The highest BCUT2D eigenvalue weighted by Gasteiger charge is 2.43. The standard InChI is InChI=1S/C13H18N4O2/c14-5-1-11-12(10-2-6-19-7-10)17(16-15-11)8-13(9-18)3-4-13/h10,18H,1-4,6-9H2. The van der Waals surface area contributed by atoms with Gasteiger partial charge in [-0.15, -0.1) is 5.10 Å². The summed E-state index contributed by atoms with van der Waals surface area (Å²) < 4.78 is 7.34. The Hall–Kier alpha value is -1.45. The Bertz CT molecular complexity index is 495. The average Bonchev–Trinajstić information content (AvgIpc) is 2.83. The van der Waals surface area contributed by atoms with Crippen LogP contribution in [0.3, 0.4) is 0 Å². The van der Waals surface area contributed by atoms with Crippen LogP contribution in [0.1, 0.15) is 36.6 Å². The lowest BCUT2D eigenvalue weighted by Gasteiger charge is -2.16. The molecule has 1 aliphatic carbocycles. The average molecular weight is 262 g/mol. The van der Waals surface area contributed by atoms with Gasteiger partial charge in [-0.2, -0.15) is 5.26 Å². The predicted octanol–water partition coefficient (Wildman–Crippen LogP) is 0.621. The monoisotopic (exact) mass is 262 g/mol. The van der Waals surface area contributed by atoms with Gasteiger partial charge in [0.15, 0.2) is 0 Å². The van der Waals surface area contributed by atoms with Crippen LogP contribution in [0.4, 0.5) is 0 Å². The molecule has 2 aliphatic rings. The Morgan fingerprint density at radius 3 is 2.95 bits per heavy atom. The summed E-state index contributed by atoms with van der Waals surface area (Å²) >= 11 is 0. The Kier molecular flexibility index (Phi) is 3.25. The van der Waals surface area contributed by atoms with Gasteiger partial charge in [0, 0.05) is 17.9 Å². The molecule has 1 saturated heterocycles. The third-order valence-corrected chi connectivity index (χ3v) is 4.19. The minimum atomic E-state index is -0.00811. The van der Waals surface area contributed by atoms with Crippen molar-refractivity contribution in [2.24, 2.45) is 5.41 Å². The Morgan fingerprint density at radius 1 is 1.53 bits per heavy atom. The molecule has 1 unspecified atom stereocenters. The van der Waals surface area contributed by atoms with Crippen LogP contribution in [0.15, 0.2) is 0 Å². The normalized spacial score (nSPS) is 24.3. The molecule has 1 aromatic rings. The zero-order chi connectivity index (χ0) is 13.3. The van der Waals surface area contributed by atoms with Crippen LogP contribution in [0.5, 0.6) is 0 Å². The van der Waals surface area contributed by atoms with Gasteiger partial charge < -0.3 is 9.84 Å². The van der Waals surface area contributed by atoms with E-state index in [2.05, 4.69) is 16.4 Å². The molecule has 0 radical (unpaired) electrons. The molecule has 0 amide bonds. The van der Waals surface area contributed by atoms with E-state index in [1.165, 1.54) is 0 Å². The van der Waals surface area contributed by atoms with E-state index in [9.17, 15) is 5.11 Å². The minimum absolute atomic E-state index is 0.00811. The second-order valence-corrected chi connectivity index (χ2v) is 5.63. The fourth-order valence-corrected chi connectivity index (χ4v) is 2.73. The lowest BCUT2D eigenvalue weighted by Crippen LogP contribution is -2.20. The molecule has 2 heterocycles. The highest BCUT2D eigenvalue weighted by molar-refractivity contribution is 5.20. The smallest absolute Gasteiger partial charge is 0.100 e. The number of nitriles is 1. The zero-order valence-corrected chi connectivity index (χ0v) is 10.9. The van der Waals surface area contributed by atoms with E-state index in [4.69, 9.17) is 10.00 Å². The lowest BCUT2D eigenvalue weighted by atomic mass is 10.0. The third kappa shape index (κ3) is 2.36. The molecule has 0 bridgehead atoms. The number of ether oxygens (including phenoxy) is 1. The molecular formula is C13H18N4O2. The van der Waals surface area contributed by atoms with Crippen molar-refractivity contribution in [1.29, 1.82) is 5.26 Å². The van der Waals surface area contributed by atoms with Gasteiger partial charge in [-0.3, -0.25) is 0 Å². The van der Waals surface area contributed by atoms with Crippen LogP contribution in [0.25, 0.3) is 0 Å².